The Morgan fingerprint density at radius 3 is 0.723 bits per heavy atom. The van der Waals surface area contributed by atoms with Crippen molar-refractivity contribution in [1.29, 1.82) is 0 Å². The molecule has 0 bridgehead atoms. The summed E-state index contributed by atoms with van der Waals surface area (Å²) in [7, 11) is -9.90. The summed E-state index contributed by atoms with van der Waals surface area (Å²) in [4.78, 5) is 72.5. The van der Waals surface area contributed by atoms with Crippen molar-refractivity contribution in [3.05, 3.63) is 0 Å². The number of hydrogen-bond donors (Lipinski definition) is 3. The minimum Gasteiger partial charge on any atom is -0.462 e. The fraction of sp³-hybridized carbons (Fsp3) is 0.947. The van der Waals surface area contributed by atoms with Gasteiger partial charge in [0.25, 0.3) is 0 Å². The molecule has 0 amide bonds. The van der Waals surface area contributed by atoms with Gasteiger partial charge in [-0.3, -0.25) is 37.3 Å². The van der Waals surface area contributed by atoms with Crippen molar-refractivity contribution < 1.29 is 80.2 Å². The lowest BCUT2D eigenvalue weighted by Crippen LogP contribution is -2.30. The first-order valence-corrected chi connectivity index (χ1v) is 42.0. The number of esters is 4. The number of phosphoric acid groups is 2. The molecule has 94 heavy (non-hydrogen) atoms. The molecule has 5 atom stereocenters. The molecule has 3 N–H and O–H groups in total. The minimum atomic E-state index is -4.95. The van der Waals surface area contributed by atoms with Gasteiger partial charge in [-0.25, -0.2) is 9.13 Å². The summed E-state index contributed by atoms with van der Waals surface area (Å²) in [5.74, 6) is -0.563. The van der Waals surface area contributed by atoms with Gasteiger partial charge in [0.15, 0.2) is 12.2 Å². The second-order valence-electron chi connectivity index (χ2n) is 28.0. The minimum absolute atomic E-state index is 0.106. The van der Waals surface area contributed by atoms with Crippen LogP contribution in [0.15, 0.2) is 0 Å². The number of unbranched alkanes of at least 4 members (excludes halogenated alkanes) is 44. The van der Waals surface area contributed by atoms with Gasteiger partial charge in [-0.15, -0.1) is 0 Å². The van der Waals surface area contributed by atoms with Crippen molar-refractivity contribution in [2.45, 2.75) is 407 Å². The number of carbonyl (C=O) groups excluding carboxylic acids is 4. The van der Waals surface area contributed by atoms with E-state index < -0.39 is 97.5 Å². The number of phosphoric ester groups is 2. The Morgan fingerprint density at radius 2 is 0.489 bits per heavy atom. The summed E-state index contributed by atoms with van der Waals surface area (Å²) in [6, 6.07) is 0. The molecule has 0 fully saturated rings. The summed E-state index contributed by atoms with van der Waals surface area (Å²) in [6.45, 7) is 9.53. The van der Waals surface area contributed by atoms with E-state index in [9.17, 15) is 43.2 Å². The van der Waals surface area contributed by atoms with Crippen molar-refractivity contribution in [3.63, 3.8) is 0 Å². The average Bonchev–Trinajstić information content (AvgIpc) is 1.48. The zero-order valence-electron chi connectivity index (χ0n) is 61.3. The monoisotopic (exact) mass is 1380 g/mol. The SMILES string of the molecule is CCCCCCCCCCCCCCCCCCCCC(=O)O[C@H](COC(=O)CCCCCCCCCCCCCCCCC(C)C)COP(=O)(O)OC[C@@H](O)COP(=O)(O)OC[C@@H](COC(=O)CCCCCCC)OC(=O)CCCCCCCCCCCCCC(C)C. The van der Waals surface area contributed by atoms with E-state index in [1.54, 1.807) is 0 Å². The van der Waals surface area contributed by atoms with E-state index in [0.29, 0.717) is 25.7 Å². The molecular formula is C75H146O17P2. The number of aliphatic hydroxyl groups is 1. The number of carbonyl (C=O) groups is 4. The highest BCUT2D eigenvalue weighted by Crippen LogP contribution is 2.45. The van der Waals surface area contributed by atoms with Crippen molar-refractivity contribution in [3.8, 4) is 0 Å². The third-order valence-electron chi connectivity index (χ3n) is 17.5. The highest BCUT2D eigenvalue weighted by atomic mass is 31.2. The molecule has 17 nitrogen and oxygen atoms in total. The molecule has 0 aromatic rings. The zero-order valence-corrected chi connectivity index (χ0v) is 63.1. The Bertz CT molecular complexity index is 1820. The maximum atomic E-state index is 13.1. The van der Waals surface area contributed by atoms with Gasteiger partial charge in [0.2, 0.25) is 0 Å². The molecular weight excluding hydrogens is 1230 g/mol. The molecule has 0 aliphatic carbocycles. The van der Waals surface area contributed by atoms with Crippen LogP contribution in [0.4, 0.5) is 0 Å². The first-order valence-electron chi connectivity index (χ1n) is 39.0. The lowest BCUT2D eigenvalue weighted by molar-refractivity contribution is -0.161. The van der Waals surface area contributed by atoms with Gasteiger partial charge in [0.1, 0.15) is 19.3 Å². The third kappa shape index (κ3) is 68.6. The van der Waals surface area contributed by atoms with Crippen LogP contribution >= 0.6 is 15.6 Å². The second kappa shape index (κ2) is 66.9. The van der Waals surface area contributed by atoms with Crippen LogP contribution in [0.1, 0.15) is 388 Å². The Kier molecular flexibility index (Phi) is 65.5. The molecule has 0 spiro atoms. The van der Waals surface area contributed by atoms with E-state index in [0.717, 1.165) is 108 Å². The second-order valence-corrected chi connectivity index (χ2v) is 30.9. The smallest absolute Gasteiger partial charge is 0.462 e. The summed E-state index contributed by atoms with van der Waals surface area (Å²) in [6.07, 6.45) is 54.5. The lowest BCUT2D eigenvalue weighted by atomic mass is 10.0. The molecule has 0 heterocycles. The Balaban J connectivity index is 5.15. The summed E-state index contributed by atoms with van der Waals surface area (Å²) >= 11 is 0. The Morgan fingerprint density at radius 1 is 0.287 bits per heavy atom. The predicted molar refractivity (Wildman–Crippen MR) is 381 cm³/mol. The van der Waals surface area contributed by atoms with Crippen LogP contribution in [0.5, 0.6) is 0 Å². The third-order valence-corrected chi connectivity index (χ3v) is 19.4. The van der Waals surface area contributed by atoms with Gasteiger partial charge >= 0.3 is 39.5 Å². The molecule has 0 aromatic heterocycles. The maximum Gasteiger partial charge on any atom is 0.472 e. The van der Waals surface area contributed by atoms with Crippen LogP contribution in [0.25, 0.3) is 0 Å². The summed E-state index contributed by atoms with van der Waals surface area (Å²) < 4.78 is 68.3. The predicted octanol–water partition coefficient (Wildman–Crippen LogP) is 21.9. The molecule has 0 aromatic carbocycles. The van der Waals surface area contributed by atoms with Gasteiger partial charge in [-0.05, 0) is 37.5 Å². The molecule has 0 aliphatic rings. The normalized spacial score (nSPS) is 14.0. The number of aliphatic hydroxyl groups excluding tert-OH is 1. The van der Waals surface area contributed by atoms with E-state index in [4.69, 9.17) is 37.0 Å². The highest BCUT2D eigenvalue weighted by Gasteiger charge is 2.30. The lowest BCUT2D eigenvalue weighted by Gasteiger charge is -2.21. The highest BCUT2D eigenvalue weighted by molar-refractivity contribution is 7.47. The van der Waals surface area contributed by atoms with Gasteiger partial charge in [-0.2, -0.15) is 0 Å². The van der Waals surface area contributed by atoms with Gasteiger partial charge in [0.05, 0.1) is 26.4 Å². The largest absolute Gasteiger partial charge is 0.472 e. The van der Waals surface area contributed by atoms with Gasteiger partial charge in [0, 0.05) is 25.7 Å². The summed E-state index contributed by atoms with van der Waals surface area (Å²) in [5.41, 5.74) is 0. The number of hydrogen-bond acceptors (Lipinski definition) is 15. The average molecular weight is 1380 g/mol. The van der Waals surface area contributed by atoms with Gasteiger partial charge < -0.3 is 33.8 Å². The molecule has 0 saturated carbocycles. The van der Waals surface area contributed by atoms with Crippen LogP contribution < -0.4 is 0 Å². The molecule has 0 rings (SSSR count). The van der Waals surface area contributed by atoms with Crippen LogP contribution in [-0.4, -0.2) is 96.7 Å². The van der Waals surface area contributed by atoms with Crippen molar-refractivity contribution in [2.75, 3.05) is 39.6 Å². The Labute approximate surface area is 575 Å². The van der Waals surface area contributed by atoms with Crippen LogP contribution in [0.2, 0.25) is 0 Å². The number of ether oxygens (including phenoxy) is 4. The molecule has 0 saturated heterocycles. The molecule has 19 heteroatoms. The quantitative estimate of drug-likeness (QED) is 0.0222. The van der Waals surface area contributed by atoms with E-state index in [1.807, 2.05) is 0 Å². The van der Waals surface area contributed by atoms with Crippen LogP contribution in [-0.2, 0) is 65.4 Å². The van der Waals surface area contributed by atoms with Crippen LogP contribution in [0.3, 0.4) is 0 Å². The molecule has 2 unspecified atom stereocenters. The standard InChI is InChI=1S/C75H146O17P2/c1-7-9-11-13-14-15-16-17-18-19-20-21-26-31-36-41-47-53-59-75(80)92-71(64-86-73(78)58-52-46-40-35-30-25-23-22-24-28-33-38-44-49-55-67(3)4)66-90-94(83,84)88-62-69(76)61-87-93(81,82)89-65-70(63-85-72(77)57-51-43-12-10-8-2)91-74(79)60-54-48-42-37-32-27-29-34-39-45-50-56-68(5)6/h67-71,76H,7-66H2,1-6H3,(H,81,82)(H,83,84)/t69-,70+,71+/m0/s1. The first-order chi connectivity index (χ1) is 45.4. The fourth-order valence-electron chi connectivity index (χ4n) is 11.5. The topological polar surface area (TPSA) is 237 Å². The van der Waals surface area contributed by atoms with Crippen molar-refractivity contribution in [2.24, 2.45) is 11.8 Å². The van der Waals surface area contributed by atoms with Crippen LogP contribution in [0, 0.1) is 11.8 Å². The number of rotatable bonds is 74. The molecule has 558 valence electrons. The summed E-state index contributed by atoms with van der Waals surface area (Å²) in [5, 5.41) is 10.6. The molecule has 0 aliphatic heterocycles. The first kappa shape index (κ1) is 92.1. The van der Waals surface area contributed by atoms with E-state index in [2.05, 4.69) is 41.5 Å². The van der Waals surface area contributed by atoms with Gasteiger partial charge in [-0.1, -0.05) is 337 Å². The maximum absolute atomic E-state index is 13.1. The Hall–Kier alpha value is -1.94. The van der Waals surface area contributed by atoms with E-state index in [-0.39, 0.29) is 25.7 Å². The zero-order chi connectivity index (χ0) is 69.3. The van der Waals surface area contributed by atoms with Crippen molar-refractivity contribution in [1.82, 2.24) is 0 Å². The van der Waals surface area contributed by atoms with E-state index in [1.165, 1.54) is 199 Å². The molecule has 0 radical (unpaired) electrons. The van der Waals surface area contributed by atoms with E-state index >= 15 is 0 Å². The van der Waals surface area contributed by atoms with Crippen molar-refractivity contribution >= 4 is 39.5 Å². The fourth-order valence-corrected chi connectivity index (χ4v) is 13.1.